The zero-order chi connectivity index (χ0) is 31.1. The number of hydrogen-bond acceptors (Lipinski definition) is 7. The van der Waals surface area contributed by atoms with Gasteiger partial charge in [0.05, 0.1) is 35.3 Å². The van der Waals surface area contributed by atoms with Gasteiger partial charge in [-0.05, 0) is 96.2 Å². The normalized spacial score (nSPS) is 23.3. The summed E-state index contributed by atoms with van der Waals surface area (Å²) in [6.07, 6.45) is 4.95. The number of nitrogens with one attached hydrogen (secondary N) is 1. The molecule has 2 aliphatic rings. The molecule has 0 bridgehead atoms. The molecule has 1 aliphatic heterocycles. The van der Waals surface area contributed by atoms with Crippen LogP contribution in [0.1, 0.15) is 68.8 Å². The fourth-order valence-electron chi connectivity index (χ4n) is 5.50. The van der Waals surface area contributed by atoms with Gasteiger partial charge >= 0.3 is 0 Å². The largest absolute Gasteiger partial charge is 0.490 e. The zero-order valence-electron chi connectivity index (χ0n) is 26.3. The first-order chi connectivity index (χ1) is 20.5. The second-order valence-electron chi connectivity index (χ2n) is 12.6. The van der Waals surface area contributed by atoms with Gasteiger partial charge in [-0.15, -0.1) is 0 Å². The number of nitrogens with zero attached hydrogens (tertiary/aromatic N) is 2. The molecule has 0 saturated heterocycles. The van der Waals surface area contributed by atoms with Crippen molar-refractivity contribution in [3.63, 3.8) is 0 Å². The molecule has 9 nitrogen and oxygen atoms in total. The van der Waals surface area contributed by atoms with E-state index < -0.39 is 16.1 Å². The molecule has 1 aliphatic carbocycles. The van der Waals surface area contributed by atoms with E-state index in [9.17, 15) is 18.3 Å². The molecule has 43 heavy (non-hydrogen) atoms. The molecule has 2 aromatic carbocycles. The summed E-state index contributed by atoms with van der Waals surface area (Å²) in [7, 11) is -1.74. The summed E-state index contributed by atoms with van der Waals surface area (Å²) in [5.74, 6) is 0.831. The first-order valence-corrected chi connectivity index (χ1v) is 17.1. The Morgan fingerprint density at radius 2 is 1.79 bits per heavy atom. The smallest absolute Gasteiger partial charge is 0.261 e. The van der Waals surface area contributed by atoms with Crippen LogP contribution in [0.5, 0.6) is 5.75 Å². The Balaban J connectivity index is 1.65. The van der Waals surface area contributed by atoms with E-state index in [0.717, 1.165) is 43.8 Å². The summed E-state index contributed by atoms with van der Waals surface area (Å²) in [6.45, 7) is 10.4. The summed E-state index contributed by atoms with van der Waals surface area (Å²) < 4.78 is 41.7. The summed E-state index contributed by atoms with van der Waals surface area (Å²) in [6, 6.07) is 11.0. The fourth-order valence-corrected chi connectivity index (χ4v) is 6.55. The molecule has 0 aromatic heterocycles. The van der Waals surface area contributed by atoms with Crippen LogP contribution in [0, 0.1) is 18.8 Å². The summed E-state index contributed by atoms with van der Waals surface area (Å²) in [5, 5.41) is 10.2. The summed E-state index contributed by atoms with van der Waals surface area (Å²) in [4.78, 5) is 18.4. The Bertz CT molecular complexity index is 1310. The van der Waals surface area contributed by atoms with Gasteiger partial charge in [-0.3, -0.25) is 9.52 Å². The number of aryl methyl sites for hydroxylation is 1. The van der Waals surface area contributed by atoms with Crippen molar-refractivity contribution in [2.24, 2.45) is 11.8 Å². The summed E-state index contributed by atoms with van der Waals surface area (Å²) >= 11 is 0. The number of rotatable bonds is 9. The Morgan fingerprint density at radius 3 is 2.47 bits per heavy atom. The molecule has 1 amide bonds. The lowest BCUT2D eigenvalue weighted by molar-refractivity contribution is -0.0172. The summed E-state index contributed by atoms with van der Waals surface area (Å²) in [5.41, 5.74) is 1.47. The van der Waals surface area contributed by atoms with E-state index in [0.29, 0.717) is 18.9 Å². The van der Waals surface area contributed by atoms with Crippen molar-refractivity contribution in [3.8, 4) is 5.75 Å². The van der Waals surface area contributed by atoms with Crippen LogP contribution in [0.25, 0.3) is 0 Å². The van der Waals surface area contributed by atoms with E-state index in [4.69, 9.17) is 9.47 Å². The monoisotopic (exact) mass is 615 g/mol. The van der Waals surface area contributed by atoms with E-state index in [1.54, 1.807) is 47.4 Å². The van der Waals surface area contributed by atoms with Crippen molar-refractivity contribution in [1.82, 2.24) is 9.80 Å². The Labute approximate surface area is 257 Å². The number of aliphatic hydroxyl groups is 1. The van der Waals surface area contributed by atoms with Crippen LogP contribution in [0.4, 0.5) is 5.69 Å². The predicted octanol–water partition coefficient (Wildman–Crippen LogP) is 4.93. The molecule has 4 atom stereocenters. The van der Waals surface area contributed by atoms with Crippen molar-refractivity contribution in [2.75, 3.05) is 44.6 Å². The van der Waals surface area contributed by atoms with Crippen LogP contribution < -0.4 is 9.46 Å². The van der Waals surface area contributed by atoms with Gasteiger partial charge in [0.15, 0.2) is 0 Å². The van der Waals surface area contributed by atoms with Crippen molar-refractivity contribution >= 4 is 21.6 Å². The lowest BCUT2D eigenvalue weighted by Gasteiger charge is -2.36. The van der Waals surface area contributed by atoms with Crippen LogP contribution >= 0.6 is 0 Å². The van der Waals surface area contributed by atoms with E-state index in [1.165, 1.54) is 12.8 Å². The number of fused-ring (bicyclic) bond motifs is 1. The zero-order valence-corrected chi connectivity index (χ0v) is 27.1. The Kier molecular flexibility index (Phi) is 11.5. The number of amides is 1. The van der Waals surface area contributed by atoms with Gasteiger partial charge in [0.2, 0.25) is 0 Å². The Morgan fingerprint density at radius 1 is 1.07 bits per heavy atom. The molecule has 238 valence electrons. The van der Waals surface area contributed by atoms with Crippen molar-refractivity contribution in [1.29, 1.82) is 0 Å². The third-order valence-electron chi connectivity index (χ3n) is 8.39. The van der Waals surface area contributed by atoms with E-state index in [1.807, 2.05) is 20.8 Å². The average molecular weight is 616 g/mol. The molecular formula is C33H49N3O6S. The predicted molar refractivity (Wildman–Crippen MR) is 169 cm³/mol. The van der Waals surface area contributed by atoms with Gasteiger partial charge in [0, 0.05) is 37.8 Å². The van der Waals surface area contributed by atoms with E-state index >= 15 is 0 Å². The molecule has 1 heterocycles. The van der Waals surface area contributed by atoms with Gasteiger partial charge < -0.3 is 24.4 Å². The molecular weight excluding hydrogens is 566 g/mol. The first-order valence-electron chi connectivity index (χ1n) is 15.6. The molecule has 0 radical (unpaired) electrons. The molecule has 2 N–H and O–H groups in total. The second kappa shape index (κ2) is 14.9. The third kappa shape index (κ3) is 9.41. The Hall–Kier alpha value is -2.66. The maximum atomic E-state index is 14.3. The lowest BCUT2D eigenvalue weighted by atomic mass is 10.0. The highest BCUT2D eigenvalue weighted by molar-refractivity contribution is 7.92. The van der Waals surface area contributed by atoms with Gasteiger partial charge in [-0.1, -0.05) is 24.6 Å². The maximum absolute atomic E-state index is 14.3. The molecule has 4 rings (SSSR count). The van der Waals surface area contributed by atoms with E-state index in [-0.39, 0.29) is 46.8 Å². The highest BCUT2D eigenvalue weighted by Crippen LogP contribution is 2.31. The standard InChI is InChI=1S/C33H49N3O6S/c1-23-9-14-29(15-10-23)43(39,40)34-28-13-16-31-30(18-28)33(38)36(25(3)22-37)19-24(2)32(21-35(5)20-27-11-12-27)41-17-7-6-8-26(4)42-31/h9-10,13-16,18,24-27,32,34,37H,6-8,11-12,17,19-22H2,1-5H3/t24-,25-,26-,32+/m1/s1. The maximum Gasteiger partial charge on any atom is 0.261 e. The second-order valence-corrected chi connectivity index (χ2v) is 14.3. The SMILES string of the molecule is Cc1ccc(S(=O)(=O)Nc2ccc3c(c2)C(=O)N([C@H](C)CO)C[C@@H](C)[C@H](CN(C)CC2CC2)OCCCC[C@@H](C)O3)cc1. The minimum Gasteiger partial charge on any atom is -0.490 e. The highest BCUT2D eigenvalue weighted by atomic mass is 32.2. The average Bonchev–Trinajstić information content (AvgIpc) is 3.78. The number of hydrogen-bond donors (Lipinski definition) is 2. The van der Waals surface area contributed by atoms with Gasteiger partial charge in [-0.25, -0.2) is 8.42 Å². The number of anilines is 1. The number of ether oxygens (including phenoxy) is 2. The third-order valence-corrected chi connectivity index (χ3v) is 9.79. The number of benzene rings is 2. The van der Waals surface area contributed by atoms with Crippen molar-refractivity contribution < 1.29 is 27.8 Å². The minimum atomic E-state index is -3.88. The van der Waals surface area contributed by atoms with Gasteiger partial charge in [-0.2, -0.15) is 0 Å². The van der Waals surface area contributed by atoms with Gasteiger partial charge in [0.25, 0.3) is 15.9 Å². The van der Waals surface area contributed by atoms with Gasteiger partial charge in [0.1, 0.15) is 5.75 Å². The fraction of sp³-hybridized carbons (Fsp3) is 0.606. The molecule has 0 spiro atoms. The van der Waals surface area contributed by atoms with Crippen LogP contribution in [0.2, 0.25) is 0 Å². The van der Waals surface area contributed by atoms with Crippen LogP contribution in [0.15, 0.2) is 47.4 Å². The number of aliphatic hydroxyl groups excluding tert-OH is 1. The number of sulfonamides is 1. The first kappa shape index (κ1) is 33.2. The van der Waals surface area contributed by atoms with Crippen LogP contribution in [-0.2, 0) is 14.8 Å². The van der Waals surface area contributed by atoms with Crippen LogP contribution in [-0.4, -0.2) is 87.4 Å². The number of carbonyl (C=O) groups is 1. The number of likely N-dealkylation sites (N-methyl/N-ethyl adjacent to an activating group) is 1. The quantitative estimate of drug-likeness (QED) is 0.412. The molecule has 2 aromatic rings. The minimum absolute atomic E-state index is 0.00550. The highest BCUT2D eigenvalue weighted by Gasteiger charge is 2.31. The molecule has 1 fully saturated rings. The molecule has 0 unspecified atom stereocenters. The lowest BCUT2D eigenvalue weighted by Crippen LogP contribution is -2.47. The topological polar surface area (TPSA) is 108 Å². The van der Waals surface area contributed by atoms with Crippen LogP contribution in [0.3, 0.4) is 0 Å². The number of carbonyl (C=O) groups excluding carboxylic acids is 1. The molecule has 10 heteroatoms. The van der Waals surface area contributed by atoms with Crippen molar-refractivity contribution in [3.05, 3.63) is 53.6 Å². The molecule has 1 saturated carbocycles. The van der Waals surface area contributed by atoms with Crippen molar-refractivity contribution in [2.45, 2.75) is 82.9 Å². The van der Waals surface area contributed by atoms with E-state index in [2.05, 4.69) is 23.6 Å².